The molecule has 0 bridgehead atoms. The zero-order chi connectivity index (χ0) is 42.5. The maximum absolute atomic E-state index is 13.1. The molecule has 0 fully saturated rings. The van der Waals surface area contributed by atoms with Crippen LogP contribution < -0.4 is 19.6 Å². The Kier molecular flexibility index (Phi) is 11.6. The fraction of sp³-hybridized carbons (Fsp3) is 0.190. The van der Waals surface area contributed by atoms with Gasteiger partial charge in [0.25, 0.3) is 0 Å². The molecule has 8 aromatic rings. The second kappa shape index (κ2) is 17.6. The van der Waals surface area contributed by atoms with Crippen LogP contribution in [0.2, 0.25) is 5.28 Å². The Morgan fingerprint density at radius 2 is 1.21 bits per heavy atom. The van der Waals surface area contributed by atoms with Crippen LogP contribution >= 0.6 is 11.6 Å². The smallest absolute Gasteiger partial charge is 0.250 e. The van der Waals surface area contributed by atoms with E-state index in [0.717, 1.165) is 22.7 Å². The van der Waals surface area contributed by atoms with Gasteiger partial charge in [0.05, 0.1) is 30.1 Å². The predicted octanol–water partition coefficient (Wildman–Crippen LogP) is 6.36. The fourth-order valence-electron chi connectivity index (χ4n) is 7.18. The highest BCUT2D eigenvalue weighted by Crippen LogP contribution is 2.41. The largest absolute Gasteiger partial charge is 0.351 e. The third-order valence-corrected chi connectivity index (χ3v) is 10.3. The lowest BCUT2D eigenvalue weighted by Crippen LogP contribution is -2.50. The summed E-state index contributed by atoms with van der Waals surface area (Å²) in [5, 5.41) is 8.74. The second-order valence-electron chi connectivity index (χ2n) is 13.8. The van der Waals surface area contributed by atoms with E-state index in [1.807, 2.05) is 96.7 Å². The van der Waals surface area contributed by atoms with Gasteiger partial charge < -0.3 is 24.6 Å². The highest BCUT2D eigenvalue weighted by Gasteiger charge is 2.39. The van der Waals surface area contributed by atoms with Gasteiger partial charge in [-0.1, -0.05) is 26.0 Å². The Morgan fingerprint density at radius 3 is 1.67 bits per heavy atom. The molecule has 1 N–H and O–H groups in total. The van der Waals surface area contributed by atoms with Crippen LogP contribution in [0.3, 0.4) is 0 Å². The standard InChI is InChI=1S/C21H20N8O.C18H17ClN6O.C3H4N2/c1-3-17-20(30)26(2)18-13-23-21(27-11-9-22-14-27)25-19(18)29(17)16-7-4-6-15(12-16)28-10-5-8-24-28;1-3-14-17(26)23(2)15-11-20-18(19)22-16(15)25(14)13-7-4-6-12(10-13)24-9-5-8-21-24;1-2-5-3-4-1/h4-14,17H,3H2,1-2H3;4-11,14H,3H2,1-2H3;1-3H,(H,4,5). The molecule has 2 amide bonds. The normalized spacial score (nSPS) is 15.7. The molecule has 0 spiro atoms. The van der Waals surface area contributed by atoms with E-state index < -0.39 is 0 Å². The minimum Gasteiger partial charge on any atom is -0.351 e. The first kappa shape index (κ1) is 40.1. The van der Waals surface area contributed by atoms with Crippen molar-refractivity contribution in [2.75, 3.05) is 33.7 Å². The maximum Gasteiger partial charge on any atom is 0.250 e. The first-order valence-electron chi connectivity index (χ1n) is 19.4. The van der Waals surface area contributed by atoms with Crippen LogP contribution in [0.25, 0.3) is 17.3 Å². The number of likely N-dealkylation sites (N-methyl/N-ethyl adjacent to an activating group) is 2. The molecule has 0 radical (unpaired) electrons. The summed E-state index contributed by atoms with van der Waals surface area (Å²) in [6, 6.07) is 18.8. The van der Waals surface area contributed by atoms with E-state index in [1.165, 1.54) is 0 Å². The quantitative estimate of drug-likeness (QED) is 0.176. The van der Waals surface area contributed by atoms with Gasteiger partial charge in [-0.15, -0.1) is 0 Å². The molecule has 2 unspecified atom stereocenters. The summed E-state index contributed by atoms with van der Waals surface area (Å²) in [6.45, 7) is 3.98. The minimum absolute atomic E-state index is 0.00425. The lowest BCUT2D eigenvalue weighted by Gasteiger charge is -2.40. The molecule has 0 aliphatic carbocycles. The van der Waals surface area contributed by atoms with Gasteiger partial charge in [-0.05, 0) is 73.0 Å². The number of anilines is 6. The van der Waals surface area contributed by atoms with Crippen molar-refractivity contribution in [1.29, 1.82) is 0 Å². The fourth-order valence-corrected chi connectivity index (χ4v) is 7.31. The monoisotopic (exact) mass is 836 g/mol. The predicted molar refractivity (Wildman–Crippen MR) is 231 cm³/mol. The third kappa shape index (κ3) is 8.03. The van der Waals surface area contributed by atoms with Crippen LogP contribution in [-0.4, -0.2) is 97.0 Å². The van der Waals surface area contributed by atoms with E-state index in [-0.39, 0.29) is 29.2 Å². The average molecular weight is 837 g/mol. The van der Waals surface area contributed by atoms with E-state index in [1.54, 1.807) is 100 Å². The van der Waals surface area contributed by atoms with Crippen LogP contribution in [0.15, 0.2) is 135 Å². The second-order valence-corrected chi connectivity index (χ2v) is 14.1. The number of halogens is 1. The summed E-state index contributed by atoms with van der Waals surface area (Å²) in [7, 11) is 3.50. The number of carbonyl (C=O) groups is 2. The zero-order valence-electron chi connectivity index (χ0n) is 33.7. The highest BCUT2D eigenvalue weighted by atomic mass is 35.5. The molecular formula is C42H41ClN16O2. The summed E-state index contributed by atoms with van der Waals surface area (Å²) in [5.74, 6) is 1.80. The first-order valence-corrected chi connectivity index (χ1v) is 19.8. The highest BCUT2D eigenvalue weighted by molar-refractivity contribution is 6.28. The Labute approximate surface area is 355 Å². The van der Waals surface area contributed by atoms with E-state index in [9.17, 15) is 9.59 Å². The Balaban J connectivity index is 0.000000152. The summed E-state index contributed by atoms with van der Waals surface area (Å²) in [5.41, 5.74) is 4.82. The van der Waals surface area contributed by atoms with Crippen molar-refractivity contribution in [2.45, 2.75) is 38.8 Å². The summed E-state index contributed by atoms with van der Waals surface area (Å²) < 4.78 is 5.31. The zero-order valence-corrected chi connectivity index (χ0v) is 34.4. The number of carbonyl (C=O) groups excluding carboxylic acids is 2. The number of hydrogen-bond acceptors (Lipinski definition) is 12. The molecule has 0 saturated carbocycles. The third-order valence-electron chi connectivity index (χ3n) is 10.2. The number of fused-ring (bicyclic) bond motifs is 2. The Morgan fingerprint density at radius 1 is 0.656 bits per heavy atom. The number of nitrogens with zero attached hydrogens (tertiary/aromatic N) is 15. The molecule has 6 aromatic heterocycles. The SMILES string of the molecule is CCC1C(=O)N(C)c2cnc(-n3ccnc3)nc2N1c1cccc(-n2cccn2)c1.CCC1C(=O)N(C)c2cnc(Cl)nc2N1c1cccc(-n2cccn2)c1.c1c[nH]cn1. The lowest BCUT2D eigenvalue weighted by molar-refractivity contribution is -0.120. The molecule has 61 heavy (non-hydrogen) atoms. The number of benzene rings is 2. The lowest BCUT2D eigenvalue weighted by atomic mass is 10.1. The van der Waals surface area contributed by atoms with E-state index in [0.29, 0.717) is 41.8 Å². The number of amides is 2. The van der Waals surface area contributed by atoms with Crippen LogP contribution in [-0.2, 0) is 9.59 Å². The van der Waals surface area contributed by atoms with Gasteiger partial charge >= 0.3 is 0 Å². The summed E-state index contributed by atoms with van der Waals surface area (Å²) in [4.78, 5) is 61.3. The summed E-state index contributed by atoms with van der Waals surface area (Å²) in [6.07, 6.45) is 22.0. The van der Waals surface area contributed by atoms with E-state index in [2.05, 4.69) is 40.1 Å². The molecule has 2 aliphatic heterocycles. The molecule has 18 nitrogen and oxygen atoms in total. The van der Waals surface area contributed by atoms with Crippen molar-refractivity contribution in [3.05, 3.63) is 141 Å². The van der Waals surface area contributed by atoms with Crippen LogP contribution in [0.4, 0.5) is 34.4 Å². The van der Waals surface area contributed by atoms with Crippen molar-refractivity contribution in [3.8, 4) is 17.3 Å². The van der Waals surface area contributed by atoms with Crippen LogP contribution in [0.1, 0.15) is 26.7 Å². The molecule has 8 heterocycles. The molecule has 10 rings (SSSR count). The molecule has 0 saturated heterocycles. The number of aromatic nitrogens is 12. The number of nitrogens with one attached hydrogen (secondary N) is 1. The van der Waals surface area contributed by atoms with Crippen LogP contribution in [0, 0.1) is 0 Å². The maximum atomic E-state index is 13.1. The van der Waals surface area contributed by atoms with Crippen molar-refractivity contribution in [2.24, 2.45) is 0 Å². The molecule has 2 atom stereocenters. The van der Waals surface area contributed by atoms with Gasteiger partial charge in [0.1, 0.15) is 29.8 Å². The van der Waals surface area contributed by atoms with Gasteiger partial charge in [0.2, 0.25) is 23.0 Å². The Hall–Kier alpha value is -7.73. The molecule has 2 aliphatic rings. The number of hydrogen-bond donors (Lipinski definition) is 1. The molecule has 19 heteroatoms. The van der Waals surface area contributed by atoms with Crippen molar-refractivity contribution >= 4 is 57.8 Å². The van der Waals surface area contributed by atoms with E-state index in [4.69, 9.17) is 16.6 Å². The van der Waals surface area contributed by atoms with Crippen molar-refractivity contribution in [1.82, 2.24) is 59.0 Å². The molecule has 2 aromatic carbocycles. The van der Waals surface area contributed by atoms with Gasteiger partial charge in [-0.2, -0.15) is 20.2 Å². The van der Waals surface area contributed by atoms with Gasteiger partial charge in [0.15, 0.2) is 11.6 Å². The van der Waals surface area contributed by atoms with Crippen LogP contribution in [0.5, 0.6) is 0 Å². The average Bonchev–Trinajstić information content (AvgIpc) is 4.16. The first-order chi connectivity index (χ1) is 29.8. The molecular weight excluding hydrogens is 796 g/mol. The van der Waals surface area contributed by atoms with E-state index >= 15 is 0 Å². The number of rotatable bonds is 7. The van der Waals surface area contributed by atoms with Gasteiger partial charge in [0, 0.05) is 75.0 Å². The summed E-state index contributed by atoms with van der Waals surface area (Å²) >= 11 is 6.05. The molecule has 308 valence electrons. The van der Waals surface area contributed by atoms with Gasteiger partial charge in [-0.3, -0.25) is 14.2 Å². The topological polar surface area (TPSA) is 181 Å². The number of imidazole rings is 2. The number of aromatic amines is 1. The van der Waals surface area contributed by atoms with Crippen molar-refractivity contribution < 1.29 is 9.59 Å². The van der Waals surface area contributed by atoms with Gasteiger partial charge in [-0.25, -0.2) is 29.3 Å². The number of H-pyrrole nitrogens is 1. The Bertz CT molecular complexity index is 2690. The minimum atomic E-state index is -0.374. The van der Waals surface area contributed by atoms with Crippen molar-refractivity contribution in [3.63, 3.8) is 0 Å².